The molecule has 0 spiro atoms. The quantitative estimate of drug-likeness (QED) is 0.353. The van der Waals surface area contributed by atoms with Gasteiger partial charge in [0.15, 0.2) is 0 Å². The first-order valence-electron chi connectivity index (χ1n) is 2.56. The zero-order valence-electron chi connectivity index (χ0n) is 4.78. The smallest absolute Gasteiger partial charge is 0.0525 e. The van der Waals surface area contributed by atoms with Crippen LogP contribution in [0.2, 0.25) is 0 Å². The van der Waals surface area contributed by atoms with E-state index in [-0.39, 0.29) is 0 Å². The van der Waals surface area contributed by atoms with Gasteiger partial charge in [0.1, 0.15) is 0 Å². The summed E-state index contributed by atoms with van der Waals surface area (Å²) in [6.45, 7) is 0.431. The second-order valence-electron chi connectivity index (χ2n) is 1.61. The van der Waals surface area contributed by atoms with E-state index in [0.717, 1.165) is 5.56 Å². The molecule has 1 aromatic rings. The Hall–Kier alpha value is -1.41. The summed E-state index contributed by atoms with van der Waals surface area (Å²) in [5, 5.41) is 3.37. The summed E-state index contributed by atoms with van der Waals surface area (Å²) in [7, 11) is 0. The highest BCUT2D eigenvalue weighted by Crippen LogP contribution is 1.97. The van der Waals surface area contributed by atoms with Crippen LogP contribution in [0.5, 0.6) is 0 Å². The van der Waals surface area contributed by atoms with Gasteiger partial charge in [0.05, 0.1) is 6.54 Å². The van der Waals surface area contributed by atoms with Crippen LogP contribution < -0.4 is 0 Å². The van der Waals surface area contributed by atoms with Crippen LogP contribution in [0.1, 0.15) is 5.56 Å². The van der Waals surface area contributed by atoms with Crippen LogP contribution in [0.25, 0.3) is 10.4 Å². The summed E-state index contributed by atoms with van der Waals surface area (Å²) in [4.78, 5) is 5.48. The predicted molar refractivity (Wildman–Crippen MR) is 33.6 cm³/mol. The maximum Gasteiger partial charge on any atom is 0.0525 e. The summed E-state index contributed by atoms with van der Waals surface area (Å²) in [5.41, 5.74) is 8.92. The van der Waals surface area contributed by atoms with E-state index in [1.807, 2.05) is 6.07 Å². The summed E-state index contributed by atoms with van der Waals surface area (Å²) >= 11 is 0. The van der Waals surface area contributed by atoms with E-state index in [1.165, 1.54) is 0 Å². The van der Waals surface area contributed by atoms with Crippen molar-refractivity contribution in [3.8, 4) is 0 Å². The Morgan fingerprint density at radius 3 is 3.22 bits per heavy atom. The summed E-state index contributed by atoms with van der Waals surface area (Å²) in [6, 6.07) is 1.87. The molecule has 46 valence electrons. The molecule has 1 N–H and O–H groups in total. The number of aromatic nitrogens is 1. The molecule has 1 rings (SSSR count). The monoisotopic (exact) mass is 122 g/mol. The fraction of sp³-hybridized carbons (Fsp3) is 0.200. The van der Waals surface area contributed by atoms with E-state index in [9.17, 15) is 0 Å². The maximum atomic E-state index is 7.91. The van der Waals surface area contributed by atoms with Crippen molar-refractivity contribution in [3.63, 3.8) is 0 Å². The molecule has 0 bridgehead atoms. The van der Waals surface area contributed by atoms with E-state index in [4.69, 9.17) is 5.53 Å². The van der Waals surface area contributed by atoms with Crippen LogP contribution in [0, 0.1) is 0 Å². The lowest BCUT2D eigenvalue weighted by atomic mass is 10.3. The van der Waals surface area contributed by atoms with E-state index in [2.05, 4.69) is 15.0 Å². The Morgan fingerprint density at radius 1 is 1.78 bits per heavy atom. The summed E-state index contributed by atoms with van der Waals surface area (Å²) < 4.78 is 0. The van der Waals surface area contributed by atoms with Gasteiger partial charge in [-0.2, -0.15) is 0 Å². The van der Waals surface area contributed by atoms with Crippen molar-refractivity contribution in [3.05, 3.63) is 34.5 Å². The molecule has 0 saturated heterocycles. The molecule has 1 heterocycles. The zero-order valence-corrected chi connectivity index (χ0v) is 4.78. The third-order valence-electron chi connectivity index (χ3n) is 0.979. The molecule has 0 unspecified atom stereocenters. The normalized spacial score (nSPS) is 8.44. The molecule has 0 aliphatic heterocycles. The van der Waals surface area contributed by atoms with Crippen molar-refractivity contribution < 1.29 is 0 Å². The van der Waals surface area contributed by atoms with E-state index >= 15 is 0 Å². The fourth-order valence-electron chi connectivity index (χ4n) is 0.570. The SMILES string of the molecule is [N-]=[N+]=NCc1cc[nH]c1. The van der Waals surface area contributed by atoms with Gasteiger partial charge in [0, 0.05) is 17.3 Å². The second-order valence-corrected chi connectivity index (χ2v) is 1.61. The minimum atomic E-state index is 0.431. The van der Waals surface area contributed by atoms with Crippen LogP contribution in [0.4, 0.5) is 0 Å². The number of nitrogens with zero attached hydrogens (tertiary/aromatic N) is 3. The standard InChI is InChI=1S/C5H6N4/c6-9-8-4-5-1-2-7-3-5/h1-3,7H,4H2. The number of hydrogen-bond acceptors (Lipinski definition) is 1. The lowest BCUT2D eigenvalue weighted by Gasteiger charge is -1.80. The lowest BCUT2D eigenvalue weighted by molar-refractivity contribution is 1.05. The van der Waals surface area contributed by atoms with Crippen molar-refractivity contribution in [2.24, 2.45) is 5.11 Å². The number of H-pyrrole nitrogens is 1. The first kappa shape index (κ1) is 5.72. The van der Waals surface area contributed by atoms with Crippen LogP contribution in [0.15, 0.2) is 23.6 Å². The molecule has 0 fully saturated rings. The van der Waals surface area contributed by atoms with Gasteiger partial charge in [-0.15, -0.1) is 0 Å². The highest BCUT2D eigenvalue weighted by atomic mass is 15.1. The molecule has 0 amide bonds. The zero-order chi connectivity index (χ0) is 6.53. The van der Waals surface area contributed by atoms with Crippen molar-refractivity contribution >= 4 is 0 Å². The molecule has 0 saturated carbocycles. The van der Waals surface area contributed by atoms with Crippen molar-refractivity contribution in [1.82, 2.24) is 4.98 Å². The fourth-order valence-corrected chi connectivity index (χ4v) is 0.570. The maximum absolute atomic E-state index is 7.91. The third-order valence-corrected chi connectivity index (χ3v) is 0.979. The average Bonchev–Trinajstić information content (AvgIpc) is 2.34. The summed E-state index contributed by atoms with van der Waals surface area (Å²) in [5.74, 6) is 0. The molecule has 4 nitrogen and oxygen atoms in total. The Kier molecular flexibility index (Phi) is 1.77. The third kappa shape index (κ3) is 1.51. The minimum absolute atomic E-state index is 0.431. The van der Waals surface area contributed by atoms with Crippen LogP contribution in [0.3, 0.4) is 0 Å². The molecular weight excluding hydrogens is 116 g/mol. The van der Waals surface area contributed by atoms with Crippen LogP contribution in [-0.2, 0) is 6.54 Å². The highest BCUT2D eigenvalue weighted by molar-refractivity contribution is 5.07. The molecule has 0 aliphatic rings. The van der Waals surface area contributed by atoms with Gasteiger partial charge < -0.3 is 4.98 Å². The number of rotatable bonds is 2. The molecule has 0 atom stereocenters. The number of azide groups is 1. The van der Waals surface area contributed by atoms with Gasteiger partial charge >= 0.3 is 0 Å². The molecule has 0 radical (unpaired) electrons. The van der Waals surface area contributed by atoms with Crippen LogP contribution in [-0.4, -0.2) is 4.98 Å². The Morgan fingerprint density at radius 2 is 2.67 bits per heavy atom. The highest BCUT2D eigenvalue weighted by Gasteiger charge is 1.85. The van der Waals surface area contributed by atoms with E-state index < -0.39 is 0 Å². The van der Waals surface area contributed by atoms with Gasteiger partial charge in [0.2, 0.25) is 0 Å². The van der Waals surface area contributed by atoms with Gasteiger partial charge in [-0.3, -0.25) is 0 Å². The topological polar surface area (TPSA) is 64.6 Å². The second kappa shape index (κ2) is 2.79. The summed E-state index contributed by atoms with van der Waals surface area (Å²) in [6.07, 6.45) is 3.59. The van der Waals surface area contributed by atoms with Gasteiger partial charge in [-0.05, 0) is 17.2 Å². The largest absolute Gasteiger partial charge is 0.367 e. The predicted octanol–water partition coefficient (Wildman–Crippen LogP) is 1.82. The van der Waals surface area contributed by atoms with Gasteiger partial charge in [-0.1, -0.05) is 5.11 Å². The van der Waals surface area contributed by atoms with Crippen molar-refractivity contribution in [2.75, 3.05) is 0 Å². The first-order chi connectivity index (χ1) is 4.43. The van der Waals surface area contributed by atoms with Crippen LogP contribution >= 0.6 is 0 Å². The minimum Gasteiger partial charge on any atom is -0.367 e. The Balaban J connectivity index is 2.57. The molecule has 0 aliphatic carbocycles. The van der Waals surface area contributed by atoms with Gasteiger partial charge in [-0.25, -0.2) is 0 Å². The van der Waals surface area contributed by atoms with Gasteiger partial charge in [0.25, 0.3) is 0 Å². The van der Waals surface area contributed by atoms with Crippen molar-refractivity contribution in [1.29, 1.82) is 0 Å². The first-order valence-corrected chi connectivity index (χ1v) is 2.56. The van der Waals surface area contributed by atoms with Crippen molar-refractivity contribution in [2.45, 2.75) is 6.54 Å². The Labute approximate surface area is 52.1 Å². The molecular formula is C5H6N4. The molecule has 1 aromatic heterocycles. The number of nitrogens with one attached hydrogen (secondary N) is 1. The number of hydrogen-bond donors (Lipinski definition) is 1. The lowest BCUT2D eigenvalue weighted by Crippen LogP contribution is -1.70. The molecule has 4 heteroatoms. The van der Waals surface area contributed by atoms with E-state index in [1.54, 1.807) is 12.4 Å². The number of aromatic amines is 1. The molecule has 0 aromatic carbocycles. The average molecular weight is 122 g/mol. The van der Waals surface area contributed by atoms with E-state index in [0.29, 0.717) is 6.54 Å². The Bertz CT molecular complexity index is 207. The molecule has 9 heavy (non-hydrogen) atoms.